The number of amides is 1. The summed E-state index contributed by atoms with van der Waals surface area (Å²) in [6.45, 7) is 0. The monoisotopic (exact) mass is 332 g/mol. The number of fused-ring (bicyclic) bond motifs is 1. The van der Waals surface area contributed by atoms with Crippen molar-refractivity contribution < 1.29 is 13.6 Å². The van der Waals surface area contributed by atoms with Crippen LogP contribution in [0, 0.1) is 11.6 Å². The van der Waals surface area contributed by atoms with Gasteiger partial charge < -0.3 is 0 Å². The molecule has 0 fully saturated rings. The highest BCUT2D eigenvalue weighted by Gasteiger charge is 2.14. The zero-order valence-electron chi connectivity index (χ0n) is 9.13. The first-order chi connectivity index (χ1) is 8.54. The Hall–Kier alpha value is -1.21. The number of nitrogens with zero attached hydrogens (tertiary/aromatic N) is 1. The molecule has 1 aromatic carbocycles. The molecule has 0 atom stereocenters. The number of halogens is 3. The van der Waals surface area contributed by atoms with Gasteiger partial charge in [0.25, 0.3) is 5.91 Å². The Morgan fingerprint density at radius 2 is 2.17 bits per heavy atom. The SMILES string of the molecule is CSNC(=O)c1cnc2c(Br)cc(F)c(F)c2c1. The highest BCUT2D eigenvalue weighted by Crippen LogP contribution is 2.27. The topological polar surface area (TPSA) is 42.0 Å². The van der Waals surface area contributed by atoms with Crippen LogP contribution < -0.4 is 4.72 Å². The predicted octanol–water partition coefficient (Wildman–Crippen LogP) is 3.28. The molecule has 0 bridgehead atoms. The number of nitrogens with one attached hydrogen (secondary N) is 1. The Kier molecular flexibility index (Phi) is 3.82. The molecule has 1 amide bonds. The van der Waals surface area contributed by atoms with E-state index in [1.54, 1.807) is 6.26 Å². The molecule has 18 heavy (non-hydrogen) atoms. The molecular formula is C11H7BrF2N2OS. The number of hydrogen-bond acceptors (Lipinski definition) is 3. The van der Waals surface area contributed by atoms with Crippen molar-refractivity contribution in [2.75, 3.05) is 6.26 Å². The van der Waals surface area contributed by atoms with Crippen LogP contribution in [0.15, 0.2) is 22.8 Å². The van der Waals surface area contributed by atoms with E-state index in [1.165, 1.54) is 12.3 Å². The summed E-state index contributed by atoms with van der Waals surface area (Å²) in [5, 5.41) is -0.0318. The maximum Gasteiger partial charge on any atom is 0.262 e. The van der Waals surface area contributed by atoms with E-state index in [0.717, 1.165) is 18.0 Å². The second-order valence-electron chi connectivity index (χ2n) is 3.41. The number of rotatable bonds is 2. The molecule has 0 unspecified atom stereocenters. The van der Waals surface area contributed by atoms with Crippen molar-refractivity contribution in [3.63, 3.8) is 0 Å². The first kappa shape index (κ1) is 13.2. The van der Waals surface area contributed by atoms with Crippen LogP contribution >= 0.6 is 27.9 Å². The fourth-order valence-corrected chi connectivity index (χ4v) is 2.29. The van der Waals surface area contributed by atoms with Crippen molar-refractivity contribution in [3.05, 3.63) is 40.0 Å². The summed E-state index contributed by atoms with van der Waals surface area (Å²) in [6.07, 6.45) is 3.00. The van der Waals surface area contributed by atoms with Gasteiger partial charge >= 0.3 is 0 Å². The van der Waals surface area contributed by atoms with Gasteiger partial charge in [-0.15, -0.1) is 0 Å². The van der Waals surface area contributed by atoms with Crippen LogP contribution in [-0.2, 0) is 0 Å². The highest BCUT2D eigenvalue weighted by atomic mass is 79.9. The summed E-state index contributed by atoms with van der Waals surface area (Å²) in [5.74, 6) is -2.41. The molecule has 0 saturated carbocycles. The molecule has 1 N–H and O–H groups in total. The predicted molar refractivity (Wildman–Crippen MR) is 70.3 cm³/mol. The molecule has 94 valence electrons. The largest absolute Gasteiger partial charge is 0.296 e. The van der Waals surface area contributed by atoms with Gasteiger partial charge in [0.1, 0.15) is 0 Å². The number of aromatic nitrogens is 1. The van der Waals surface area contributed by atoms with Crippen LogP contribution in [0.3, 0.4) is 0 Å². The summed E-state index contributed by atoms with van der Waals surface area (Å²) in [7, 11) is 0. The third-order valence-corrected chi connectivity index (χ3v) is 3.26. The Morgan fingerprint density at radius 1 is 1.44 bits per heavy atom. The van der Waals surface area contributed by atoms with Crippen LogP contribution in [-0.4, -0.2) is 17.1 Å². The number of carbonyl (C=O) groups is 1. The van der Waals surface area contributed by atoms with Crippen LogP contribution in [0.4, 0.5) is 8.78 Å². The van der Waals surface area contributed by atoms with Crippen LogP contribution in [0.1, 0.15) is 10.4 Å². The minimum atomic E-state index is -1.01. The van der Waals surface area contributed by atoms with Gasteiger partial charge in [0.05, 0.1) is 11.1 Å². The summed E-state index contributed by atoms with van der Waals surface area (Å²) < 4.78 is 29.7. The average molecular weight is 333 g/mol. The zero-order valence-corrected chi connectivity index (χ0v) is 11.5. The lowest BCUT2D eigenvalue weighted by atomic mass is 10.1. The Labute approximate surface area is 114 Å². The molecule has 1 aromatic heterocycles. The summed E-state index contributed by atoms with van der Waals surface area (Å²) >= 11 is 4.22. The minimum absolute atomic E-state index is 0.0318. The van der Waals surface area contributed by atoms with E-state index in [1.807, 2.05) is 0 Å². The molecular weight excluding hydrogens is 326 g/mol. The molecule has 2 rings (SSSR count). The molecule has 3 nitrogen and oxygen atoms in total. The molecule has 0 saturated heterocycles. The van der Waals surface area contributed by atoms with Crippen molar-refractivity contribution in [2.24, 2.45) is 0 Å². The number of hydrogen-bond donors (Lipinski definition) is 1. The van der Waals surface area contributed by atoms with Gasteiger partial charge in [-0.25, -0.2) is 8.78 Å². The molecule has 1 heterocycles. The zero-order chi connectivity index (χ0) is 13.3. The fourth-order valence-electron chi connectivity index (χ4n) is 1.47. The van der Waals surface area contributed by atoms with Gasteiger partial charge in [0.15, 0.2) is 11.6 Å². The lowest BCUT2D eigenvalue weighted by Gasteiger charge is -2.05. The first-order valence-electron chi connectivity index (χ1n) is 4.81. The van der Waals surface area contributed by atoms with Crippen molar-refractivity contribution >= 4 is 44.7 Å². The molecule has 0 radical (unpaired) electrons. The molecule has 0 spiro atoms. The molecule has 7 heteroatoms. The smallest absolute Gasteiger partial charge is 0.262 e. The van der Waals surface area contributed by atoms with E-state index in [0.29, 0.717) is 4.47 Å². The van der Waals surface area contributed by atoms with Gasteiger partial charge in [-0.2, -0.15) is 0 Å². The lowest BCUT2D eigenvalue weighted by molar-refractivity contribution is 0.0984. The average Bonchev–Trinajstić information content (AvgIpc) is 2.36. The van der Waals surface area contributed by atoms with Crippen molar-refractivity contribution in [3.8, 4) is 0 Å². The number of carbonyl (C=O) groups excluding carboxylic acids is 1. The summed E-state index contributed by atoms with van der Waals surface area (Å²) in [4.78, 5) is 15.5. The lowest BCUT2D eigenvalue weighted by Crippen LogP contribution is -2.15. The Morgan fingerprint density at radius 3 is 2.83 bits per heavy atom. The molecule has 0 aliphatic heterocycles. The van der Waals surface area contributed by atoms with Crippen molar-refractivity contribution in [1.82, 2.24) is 9.71 Å². The van der Waals surface area contributed by atoms with Gasteiger partial charge in [-0.05, 0) is 28.1 Å². The fraction of sp³-hybridized carbons (Fsp3) is 0.0909. The van der Waals surface area contributed by atoms with E-state index in [-0.39, 0.29) is 16.5 Å². The molecule has 2 aromatic rings. The Balaban J connectivity index is 2.64. The maximum absolute atomic E-state index is 13.6. The highest BCUT2D eigenvalue weighted by molar-refractivity contribution is 9.10. The quantitative estimate of drug-likeness (QED) is 0.677. The third-order valence-electron chi connectivity index (χ3n) is 2.27. The van der Waals surface area contributed by atoms with E-state index < -0.39 is 17.5 Å². The third kappa shape index (κ3) is 2.32. The maximum atomic E-state index is 13.6. The van der Waals surface area contributed by atoms with E-state index in [2.05, 4.69) is 25.6 Å². The second-order valence-corrected chi connectivity index (χ2v) is 4.88. The normalized spacial score (nSPS) is 10.7. The molecule has 0 aliphatic carbocycles. The summed E-state index contributed by atoms with van der Waals surface area (Å²) in [5.41, 5.74) is 0.447. The molecule has 0 aliphatic rings. The first-order valence-corrected chi connectivity index (χ1v) is 6.83. The Bertz CT molecular complexity index is 636. The van der Waals surface area contributed by atoms with E-state index >= 15 is 0 Å². The number of pyridine rings is 1. The van der Waals surface area contributed by atoms with E-state index in [9.17, 15) is 13.6 Å². The van der Waals surface area contributed by atoms with Crippen LogP contribution in [0.5, 0.6) is 0 Å². The summed E-state index contributed by atoms with van der Waals surface area (Å²) in [6, 6.07) is 2.28. The van der Waals surface area contributed by atoms with E-state index in [4.69, 9.17) is 0 Å². The van der Waals surface area contributed by atoms with Gasteiger partial charge in [0.2, 0.25) is 0 Å². The number of benzene rings is 1. The second kappa shape index (κ2) is 5.19. The minimum Gasteiger partial charge on any atom is -0.296 e. The van der Waals surface area contributed by atoms with Crippen molar-refractivity contribution in [2.45, 2.75) is 0 Å². The van der Waals surface area contributed by atoms with Gasteiger partial charge in [-0.1, -0.05) is 11.9 Å². The van der Waals surface area contributed by atoms with Crippen molar-refractivity contribution in [1.29, 1.82) is 0 Å². The standard InChI is InChI=1S/C11H7BrF2N2OS/c1-18-16-11(17)5-2-6-9(14)8(13)3-7(12)10(6)15-4-5/h2-4H,1H3,(H,16,17). The van der Waals surface area contributed by atoms with Gasteiger partial charge in [-0.3, -0.25) is 14.5 Å². The van der Waals surface area contributed by atoms with Crippen LogP contribution in [0.25, 0.3) is 10.9 Å². The van der Waals surface area contributed by atoms with Gasteiger partial charge in [0, 0.05) is 22.3 Å². The van der Waals surface area contributed by atoms with Crippen LogP contribution in [0.2, 0.25) is 0 Å².